The predicted octanol–water partition coefficient (Wildman–Crippen LogP) is 3.96. The SMILES string of the molecule is NC(CCCCC1(N)CCCCCCCCCCC1)C(=O)O. The minimum atomic E-state index is -0.895. The van der Waals surface area contributed by atoms with Gasteiger partial charge in [0.05, 0.1) is 0 Å². The normalized spacial score (nSPS) is 22.3. The zero-order chi connectivity index (χ0) is 16.3. The average molecular weight is 312 g/mol. The second kappa shape index (κ2) is 11.0. The van der Waals surface area contributed by atoms with E-state index in [1.54, 1.807) is 0 Å². The van der Waals surface area contributed by atoms with Gasteiger partial charge in [0.2, 0.25) is 0 Å². The third-order valence-electron chi connectivity index (χ3n) is 5.11. The Bertz CT molecular complexity index is 295. The average Bonchev–Trinajstić information content (AvgIpc) is 2.47. The van der Waals surface area contributed by atoms with E-state index >= 15 is 0 Å². The van der Waals surface area contributed by atoms with Gasteiger partial charge >= 0.3 is 5.97 Å². The summed E-state index contributed by atoms with van der Waals surface area (Å²) in [6.07, 6.45) is 17.6. The van der Waals surface area contributed by atoms with Crippen molar-refractivity contribution in [3.63, 3.8) is 0 Å². The Morgan fingerprint density at radius 3 is 1.82 bits per heavy atom. The van der Waals surface area contributed by atoms with Gasteiger partial charge in [-0.2, -0.15) is 0 Å². The van der Waals surface area contributed by atoms with Crippen LogP contribution < -0.4 is 11.5 Å². The molecule has 0 radical (unpaired) electrons. The van der Waals surface area contributed by atoms with E-state index in [1.807, 2.05) is 0 Å². The number of hydrogen-bond acceptors (Lipinski definition) is 3. The first-order valence-electron chi connectivity index (χ1n) is 9.31. The molecule has 1 saturated carbocycles. The Kier molecular flexibility index (Phi) is 9.73. The van der Waals surface area contributed by atoms with Crippen LogP contribution in [0, 0.1) is 0 Å². The molecule has 0 bridgehead atoms. The van der Waals surface area contributed by atoms with Crippen LogP contribution in [0.15, 0.2) is 0 Å². The predicted molar refractivity (Wildman–Crippen MR) is 91.8 cm³/mol. The summed E-state index contributed by atoms with van der Waals surface area (Å²) in [7, 11) is 0. The molecule has 5 N–H and O–H groups in total. The van der Waals surface area contributed by atoms with Gasteiger partial charge in [-0.25, -0.2) is 0 Å². The van der Waals surface area contributed by atoms with Gasteiger partial charge in [-0.1, -0.05) is 70.6 Å². The highest BCUT2D eigenvalue weighted by Gasteiger charge is 2.24. The van der Waals surface area contributed by atoms with Gasteiger partial charge in [-0.3, -0.25) is 4.79 Å². The molecule has 1 unspecified atom stereocenters. The maximum Gasteiger partial charge on any atom is 0.320 e. The van der Waals surface area contributed by atoms with Crippen molar-refractivity contribution in [1.82, 2.24) is 0 Å². The van der Waals surface area contributed by atoms with Crippen molar-refractivity contribution in [1.29, 1.82) is 0 Å². The van der Waals surface area contributed by atoms with Gasteiger partial charge in [0.25, 0.3) is 0 Å². The molecule has 0 saturated heterocycles. The van der Waals surface area contributed by atoms with Crippen LogP contribution in [0.4, 0.5) is 0 Å². The standard InChI is InChI=1S/C18H36N2O2/c19-16(17(21)22)12-8-11-15-18(20)13-9-6-4-2-1-3-5-7-10-14-18/h16H,1-15,19-20H2,(H,21,22). The fourth-order valence-corrected chi connectivity index (χ4v) is 3.53. The Morgan fingerprint density at radius 2 is 1.36 bits per heavy atom. The number of rotatable bonds is 6. The lowest BCUT2D eigenvalue weighted by Crippen LogP contribution is -2.40. The summed E-state index contributed by atoms with van der Waals surface area (Å²) in [5.41, 5.74) is 12.2. The third kappa shape index (κ3) is 8.74. The highest BCUT2D eigenvalue weighted by molar-refractivity contribution is 5.72. The molecule has 130 valence electrons. The maximum atomic E-state index is 10.7. The molecule has 0 aromatic carbocycles. The molecular formula is C18H36N2O2. The molecular weight excluding hydrogens is 276 g/mol. The smallest absolute Gasteiger partial charge is 0.320 e. The number of carboxylic acid groups (broad SMARTS) is 1. The summed E-state index contributed by atoms with van der Waals surface area (Å²) in [4.78, 5) is 10.7. The summed E-state index contributed by atoms with van der Waals surface area (Å²) in [5, 5.41) is 8.81. The number of unbranched alkanes of at least 4 members (excludes halogenated alkanes) is 1. The van der Waals surface area contributed by atoms with Crippen molar-refractivity contribution in [2.75, 3.05) is 0 Å². The van der Waals surface area contributed by atoms with E-state index < -0.39 is 12.0 Å². The maximum absolute atomic E-state index is 10.7. The first-order valence-corrected chi connectivity index (χ1v) is 9.31. The fourth-order valence-electron chi connectivity index (χ4n) is 3.53. The van der Waals surface area contributed by atoms with Crippen molar-refractivity contribution in [3.05, 3.63) is 0 Å². The van der Waals surface area contributed by atoms with Gasteiger partial charge in [0, 0.05) is 5.54 Å². The molecule has 0 heterocycles. The number of aliphatic carboxylic acids is 1. The van der Waals surface area contributed by atoms with E-state index in [0.717, 1.165) is 32.1 Å². The largest absolute Gasteiger partial charge is 0.480 e. The van der Waals surface area contributed by atoms with Gasteiger partial charge in [-0.15, -0.1) is 0 Å². The minimum Gasteiger partial charge on any atom is -0.480 e. The molecule has 1 fully saturated rings. The summed E-state index contributed by atoms with van der Waals surface area (Å²) < 4.78 is 0. The molecule has 22 heavy (non-hydrogen) atoms. The highest BCUT2D eigenvalue weighted by Crippen LogP contribution is 2.27. The summed E-state index contributed by atoms with van der Waals surface area (Å²) in [6, 6.07) is -0.718. The van der Waals surface area contributed by atoms with Gasteiger partial charge in [-0.05, 0) is 25.7 Å². The van der Waals surface area contributed by atoms with Crippen LogP contribution in [-0.2, 0) is 4.79 Å². The van der Waals surface area contributed by atoms with E-state index in [1.165, 1.54) is 57.8 Å². The molecule has 4 heteroatoms. The summed E-state index contributed by atoms with van der Waals surface area (Å²) in [5.74, 6) is -0.895. The first-order chi connectivity index (χ1) is 10.5. The highest BCUT2D eigenvalue weighted by atomic mass is 16.4. The molecule has 1 atom stereocenters. The lowest BCUT2D eigenvalue weighted by Gasteiger charge is -2.30. The molecule has 1 rings (SSSR count). The van der Waals surface area contributed by atoms with Crippen LogP contribution in [0.3, 0.4) is 0 Å². The second-order valence-corrected chi connectivity index (χ2v) is 7.23. The van der Waals surface area contributed by atoms with Gasteiger partial charge in [0.1, 0.15) is 6.04 Å². The number of nitrogens with two attached hydrogens (primary N) is 2. The Hall–Kier alpha value is -0.610. The van der Waals surface area contributed by atoms with Crippen LogP contribution in [0.5, 0.6) is 0 Å². The van der Waals surface area contributed by atoms with E-state index in [4.69, 9.17) is 16.6 Å². The van der Waals surface area contributed by atoms with Crippen LogP contribution in [-0.4, -0.2) is 22.7 Å². The first kappa shape index (κ1) is 19.4. The molecule has 1 aliphatic carbocycles. The Labute approximate surface area is 136 Å². The van der Waals surface area contributed by atoms with Gasteiger partial charge < -0.3 is 16.6 Å². The van der Waals surface area contributed by atoms with Crippen molar-refractivity contribution < 1.29 is 9.90 Å². The second-order valence-electron chi connectivity index (χ2n) is 7.23. The molecule has 0 amide bonds. The van der Waals surface area contributed by atoms with Crippen molar-refractivity contribution in [2.45, 2.75) is 108 Å². The van der Waals surface area contributed by atoms with Crippen molar-refractivity contribution in [3.8, 4) is 0 Å². The third-order valence-corrected chi connectivity index (χ3v) is 5.11. The summed E-state index contributed by atoms with van der Waals surface area (Å²) in [6.45, 7) is 0. The monoisotopic (exact) mass is 312 g/mol. The van der Waals surface area contributed by atoms with E-state index in [9.17, 15) is 4.79 Å². The molecule has 0 aromatic rings. The molecule has 4 nitrogen and oxygen atoms in total. The summed E-state index contributed by atoms with van der Waals surface area (Å²) >= 11 is 0. The number of hydrogen-bond donors (Lipinski definition) is 3. The lowest BCUT2D eigenvalue weighted by molar-refractivity contribution is -0.138. The van der Waals surface area contributed by atoms with Crippen molar-refractivity contribution >= 4 is 5.97 Å². The van der Waals surface area contributed by atoms with Crippen molar-refractivity contribution in [2.24, 2.45) is 11.5 Å². The van der Waals surface area contributed by atoms with E-state index in [0.29, 0.717) is 6.42 Å². The van der Waals surface area contributed by atoms with Crippen LogP contribution in [0.2, 0.25) is 0 Å². The lowest BCUT2D eigenvalue weighted by atomic mass is 9.82. The van der Waals surface area contributed by atoms with Crippen LogP contribution in [0.1, 0.15) is 96.3 Å². The quantitative estimate of drug-likeness (QED) is 0.648. The van der Waals surface area contributed by atoms with E-state index in [2.05, 4.69) is 0 Å². The zero-order valence-corrected chi connectivity index (χ0v) is 14.2. The zero-order valence-electron chi connectivity index (χ0n) is 14.2. The number of carbonyl (C=O) groups is 1. The minimum absolute atomic E-state index is 0.0352. The Balaban J connectivity index is 2.32. The van der Waals surface area contributed by atoms with Gasteiger partial charge in [0.15, 0.2) is 0 Å². The molecule has 0 aliphatic heterocycles. The Morgan fingerprint density at radius 1 is 0.909 bits per heavy atom. The van der Waals surface area contributed by atoms with E-state index in [-0.39, 0.29) is 5.54 Å². The van der Waals surface area contributed by atoms with Crippen LogP contribution in [0.25, 0.3) is 0 Å². The molecule has 1 aliphatic rings. The van der Waals surface area contributed by atoms with Crippen LogP contribution >= 0.6 is 0 Å². The number of carboxylic acids is 1. The fraction of sp³-hybridized carbons (Fsp3) is 0.944. The topological polar surface area (TPSA) is 89.3 Å². The molecule has 0 aromatic heterocycles. The molecule has 0 spiro atoms.